The Morgan fingerprint density at radius 1 is 1.18 bits per heavy atom. The third-order valence-electron chi connectivity index (χ3n) is 6.37. The summed E-state index contributed by atoms with van der Waals surface area (Å²) in [5, 5.41) is 10.7. The predicted molar refractivity (Wildman–Crippen MR) is 143 cm³/mol. The molecular weight excluding hydrogens is 537 g/mol. The van der Waals surface area contributed by atoms with Crippen molar-refractivity contribution in [3.63, 3.8) is 0 Å². The smallest absolute Gasteiger partial charge is 0.386 e. The van der Waals surface area contributed by atoms with Crippen LogP contribution in [0.1, 0.15) is 41.9 Å². The van der Waals surface area contributed by atoms with Crippen molar-refractivity contribution in [2.24, 2.45) is 10.6 Å². The molecule has 0 bridgehead atoms. The maximum Gasteiger partial charge on any atom is 0.425 e. The Hall–Kier alpha value is -3.06. The number of nitrogens with zero attached hydrogens (tertiary/aromatic N) is 5. The van der Waals surface area contributed by atoms with Gasteiger partial charge in [0, 0.05) is 24.7 Å². The molecule has 4 heterocycles. The zero-order valence-electron chi connectivity index (χ0n) is 21.3. The number of aromatic nitrogens is 3. The van der Waals surface area contributed by atoms with Crippen LogP contribution in [0.5, 0.6) is 0 Å². The number of anilines is 2. The molecule has 5 rings (SSSR count). The van der Waals surface area contributed by atoms with E-state index in [0.717, 1.165) is 70.1 Å². The van der Waals surface area contributed by atoms with Gasteiger partial charge in [0.05, 0.1) is 27.0 Å². The molecule has 1 saturated heterocycles. The lowest BCUT2D eigenvalue weighted by Gasteiger charge is -2.47. The molecule has 3 aromatic heterocycles. The fourth-order valence-electron chi connectivity index (χ4n) is 4.39. The van der Waals surface area contributed by atoms with Crippen molar-refractivity contribution in [2.45, 2.75) is 52.6 Å². The SMILES string of the molecule is Cc1ccc(Nc2nc(-c3sc(C)nc3C)cs2)nc1.O=CN1CCC2(CC1)CC(=NOCC(F)(F)F)C2. The number of carbonyl (C=O) groups excluding carboxylic acids is 1. The van der Waals surface area contributed by atoms with Crippen molar-refractivity contribution >= 4 is 45.7 Å². The molecule has 1 amide bonds. The number of aryl methyl sites for hydroxylation is 3. The minimum Gasteiger partial charge on any atom is -0.386 e. The third-order valence-corrected chi connectivity index (χ3v) is 8.23. The summed E-state index contributed by atoms with van der Waals surface area (Å²) in [6.45, 7) is 6.17. The van der Waals surface area contributed by atoms with Gasteiger partial charge in [-0.1, -0.05) is 11.2 Å². The molecule has 204 valence electrons. The number of pyridine rings is 1. The van der Waals surface area contributed by atoms with E-state index in [1.807, 2.05) is 39.1 Å². The number of rotatable bonds is 6. The topological polar surface area (TPSA) is 92.6 Å². The fourth-order valence-corrected chi connectivity index (χ4v) is 6.05. The molecule has 2 aliphatic rings. The van der Waals surface area contributed by atoms with Gasteiger partial charge >= 0.3 is 6.18 Å². The van der Waals surface area contributed by atoms with E-state index in [4.69, 9.17) is 0 Å². The summed E-state index contributed by atoms with van der Waals surface area (Å²) in [7, 11) is 0. The zero-order chi connectivity index (χ0) is 27.3. The number of likely N-dealkylation sites (tertiary alicyclic amines) is 1. The molecule has 0 aromatic carbocycles. The van der Waals surface area contributed by atoms with Crippen LogP contribution in [0.3, 0.4) is 0 Å². The normalized spacial score (nSPS) is 16.4. The summed E-state index contributed by atoms with van der Waals surface area (Å²) in [5.41, 5.74) is 4.00. The van der Waals surface area contributed by atoms with Crippen molar-refractivity contribution in [3.05, 3.63) is 40.0 Å². The molecule has 0 unspecified atom stereocenters. The van der Waals surface area contributed by atoms with Crippen molar-refractivity contribution in [2.75, 3.05) is 25.0 Å². The van der Waals surface area contributed by atoms with Crippen LogP contribution < -0.4 is 5.32 Å². The molecule has 3 aromatic rings. The van der Waals surface area contributed by atoms with Crippen LogP contribution in [0.15, 0.2) is 28.9 Å². The molecule has 8 nitrogen and oxygen atoms in total. The maximum atomic E-state index is 11.8. The monoisotopic (exact) mass is 566 g/mol. The van der Waals surface area contributed by atoms with Crippen molar-refractivity contribution in [1.82, 2.24) is 19.9 Å². The van der Waals surface area contributed by atoms with Crippen molar-refractivity contribution in [3.8, 4) is 10.6 Å². The second-order valence-corrected chi connectivity index (χ2v) is 11.6. The molecule has 1 N–H and O–H groups in total. The van der Waals surface area contributed by atoms with E-state index in [-0.39, 0.29) is 5.41 Å². The Morgan fingerprint density at radius 3 is 2.50 bits per heavy atom. The minimum absolute atomic E-state index is 0.139. The van der Waals surface area contributed by atoms with E-state index < -0.39 is 12.8 Å². The molecular formula is C25H29F3N6O2S2. The van der Waals surface area contributed by atoms with E-state index >= 15 is 0 Å². The molecule has 2 fully saturated rings. The Bertz CT molecular complexity index is 1250. The lowest BCUT2D eigenvalue weighted by molar-refractivity contribution is -0.174. The maximum absolute atomic E-state index is 11.8. The highest BCUT2D eigenvalue weighted by Crippen LogP contribution is 2.47. The summed E-state index contributed by atoms with van der Waals surface area (Å²) in [4.78, 5) is 31.1. The Labute approximate surface area is 227 Å². The standard InChI is InChI=1S/C14H14N4S2.C11H15F3N2O2/c1-8-4-5-12(15-6-8)18-14-17-11(7-19-14)13-9(2)16-10(3)20-13;12-11(13,14)7-18-15-9-5-10(6-9)1-3-16(8-17)4-2-10/h4-7H,1-3H3,(H,15,17,18);8H,1-7H2. The van der Waals surface area contributed by atoms with Gasteiger partial charge in [-0.05, 0) is 63.5 Å². The van der Waals surface area contributed by atoms with Gasteiger partial charge in [0.25, 0.3) is 0 Å². The first-order valence-corrected chi connectivity index (χ1v) is 13.8. The van der Waals surface area contributed by atoms with E-state index in [1.54, 1.807) is 27.6 Å². The predicted octanol–water partition coefficient (Wildman–Crippen LogP) is 6.28. The lowest BCUT2D eigenvalue weighted by Crippen LogP contribution is -2.47. The first-order valence-electron chi connectivity index (χ1n) is 12.1. The van der Waals surface area contributed by atoms with Gasteiger partial charge in [0.15, 0.2) is 5.13 Å². The molecule has 0 atom stereocenters. The van der Waals surface area contributed by atoms with Crippen molar-refractivity contribution in [1.29, 1.82) is 0 Å². The van der Waals surface area contributed by atoms with E-state index in [0.29, 0.717) is 18.6 Å². The van der Waals surface area contributed by atoms with Crippen LogP contribution in [-0.4, -0.2) is 57.8 Å². The number of oxime groups is 1. The highest BCUT2D eigenvalue weighted by molar-refractivity contribution is 7.16. The average molecular weight is 567 g/mol. The van der Waals surface area contributed by atoms with E-state index in [1.165, 1.54) is 0 Å². The Kier molecular flexibility index (Phi) is 8.66. The van der Waals surface area contributed by atoms with Crippen LogP contribution >= 0.6 is 22.7 Å². The first kappa shape index (κ1) is 28.0. The van der Waals surface area contributed by atoms with E-state index in [2.05, 4.69) is 35.6 Å². The van der Waals surface area contributed by atoms with Gasteiger partial charge < -0.3 is 15.1 Å². The summed E-state index contributed by atoms with van der Waals surface area (Å²) in [6.07, 6.45) is 1.52. The number of thiazole rings is 2. The summed E-state index contributed by atoms with van der Waals surface area (Å²) < 4.78 is 35.5. The lowest BCUT2D eigenvalue weighted by atomic mass is 9.62. The van der Waals surface area contributed by atoms with Crippen molar-refractivity contribution < 1.29 is 22.8 Å². The number of hydrogen-bond donors (Lipinski definition) is 1. The number of carbonyl (C=O) groups is 1. The number of amides is 1. The quantitative estimate of drug-likeness (QED) is 0.279. The van der Waals surface area contributed by atoms with Gasteiger partial charge in [-0.2, -0.15) is 13.2 Å². The highest BCUT2D eigenvalue weighted by Gasteiger charge is 2.44. The van der Waals surface area contributed by atoms with Crippen LogP contribution in [0.2, 0.25) is 0 Å². The van der Waals surface area contributed by atoms with Crippen LogP contribution in [0.25, 0.3) is 10.6 Å². The molecule has 1 spiro atoms. The van der Waals surface area contributed by atoms with Gasteiger partial charge in [0.2, 0.25) is 13.0 Å². The number of halogens is 3. The largest absolute Gasteiger partial charge is 0.425 e. The number of hydrogen-bond acceptors (Lipinski definition) is 9. The molecule has 1 aliphatic heterocycles. The summed E-state index contributed by atoms with van der Waals surface area (Å²) in [5.74, 6) is 0.814. The van der Waals surface area contributed by atoms with Gasteiger partial charge in [-0.25, -0.2) is 15.0 Å². The molecule has 13 heteroatoms. The van der Waals surface area contributed by atoms with Crippen LogP contribution in [0.4, 0.5) is 24.1 Å². The zero-order valence-corrected chi connectivity index (χ0v) is 23.0. The van der Waals surface area contributed by atoms with Gasteiger partial charge in [-0.15, -0.1) is 22.7 Å². The molecule has 0 radical (unpaired) electrons. The first-order chi connectivity index (χ1) is 18.0. The average Bonchev–Trinajstić information content (AvgIpc) is 3.44. The molecule has 38 heavy (non-hydrogen) atoms. The molecule has 1 aliphatic carbocycles. The summed E-state index contributed by atoms with van der Waals surface area (Å²) >= 11 is 3.26. The van der Waals surface area contributed by atoms with Gasteiger partial charge in [-0.3, -0.25) is 4.79 Å². The summed E-state index contributed by atoms with van der Waals surface area (Å²) in [6, 6.07) is 3.99. The highest BCUT2D eigenvalue weighted by atomic mass is 32.1. The second kappa shape index (κ2) is 11.8. The molecule has 1 saturated carbocycles. The second-order valence-electron chi connectivity index (χ2n) is 9.57. The number of nitrogens with one attached hydrogen (secondary N) is 1. The third kappa shape index (κ3) is 7.50. The number of piperidine rings is 1. The Morgan fingerprint density at radius 2 is 1.92 bits per heavy atom. The van der Waals surface area contributed by atoms with Crippen LogP contribution in [0, 0.1) is 26.2 Å². The number of alkyl halides is 3. The van der Waals surface area contributed by atoms with E-state index in [9.17, 15) is 18.0 Å². The van der Waals surface area contributed by atoms with Gasteiger partial charge in [0.1, 0.15) is 5.82 Å². The Balaban J connectivity index is 0.000000178. The fraction of sp³-hybridized carbons (Fsp3) is 0.480. The minimum atomic E-state index is -4.33. The van der Waals surface area contributed by atoms with Crippen LogP contribution in [-0.2, 0) is 9.63 Å².